The number of hydrogen-bond acceptors (Lipinski definition) is 1. The third-order valence-corrected chi connectivity index (χ3v) is 4.03. The number of rotatable bonds is 1. The SMILES string of the molecule is CC1C(=O)C(C)(C)C1c1cccc(Br)c1. The first-order valence-electron chi connectivity index (χ1n) is 5.24. The van der Waals surface area contributed by atoms with Crippen molar-refractivity contribution in [3.63, 3.8) is 0 Å². The molecule has 2 heteroatoms. The first-order valence-corrected chi connectivity index (χ1v) is 6.03. The molecule has 0 saturated heterocycles. The smallest absolute Gasteiger partial charge is 0.142 e. The molecule has 1 aliphatic rings. The van der Waals surface area contributed by atoms with Crippen LogP contribution >= 0.6 is 15.9 Å². The van der Waals surface area contributed by atoms with Crippen LogP contribution in [0, 0.1) is 11.3 Å². The van der Waals surface area contributed by atoms with Gasteiger partial charge in [0, 0.05) is 21.7 Å². The molecule has 2 atom stereocenters. The third kappa shape index (κ3) is 1.55. The highest BCUT2D eigenvalue weighted by molar-refractivity contribution is 9.10. The Hall–Kier alpha value is -0.630. The predicted octanol–water partition coefficient (Wildman–Crippen LogP) is 3.78. The van der Waals surface area contributed by atoms with E-state index in [-0.39, 0.29) is 11.3 Å². The molecule has 0 amide bonds. The van der Waals surface area contributed by atoms with Gasteiger partial charge in [-0.05, 0) is 17.7 Å². The number of hydrogen-bond donors (Lipinski definition) is 0. The van der Waals surface area contributed by atoms with Crippen LogP contribution in [0.2, 0.25) is 0 Å². The molecule has 0 aliphatic heterocycles. The molecule has 0 N–H and O–H groups in total. The van der Waals surface area contributed by atoms with E-state index in [1.54, 1.807) is 0 Å². The summed E-state index contributed by atoms with van der Waals surface area (Å²) in [5.41, 5.74) is 1.07. The van der Waals surface area contributed by atoms with Gasteiger partial charge in [0.25, 0.3) is 0 Å². The van der Waals surface area contributed by atoms with Gasteiger partial charge in [0.15, 0.2) is 0 Å². The van der Waals surface area contributed by atoms with Crippen molar-refractivity contribution in [2.45, 2.75) is 26.7 Å². The topological polar surface area (TPSA) is 17.1 Å². The first-order chi connectivity index (χ1) is 6.94. The second-order valence-corrected chi connectivity index (χ2v) is 5.82. The summed E-state index contributed by atoms with van der Waals surface area (Å²) in [7, 11) is 0. The van der Waals surface area contributed by atoms with E-state index in [0.29, 0.717) is 11.7 Å². The van der Waals surface area contributed by atoms with Crippen LogP contribution in [0.4, 0.5) is 0 Å². The lowest BCUT2D eigenvalue weighted by atomic mass is 9.53. The fourth-order valence-corrected chi connectivity index (χ4v) is 3.24. The van der Waals surface area contributed by atoms with Gasteiger partial charge >= 0.3 is 0 Å². The van der Waals surface area contributed by atoms with Gasteiger partial charge in [-0.2, -0.15) is 0 Å². The number of Topliss-reactive ketones (excluding diaryl/α,β-unsaturated/α-hetero) is 1. The Morgan fingerprint density at radius 2 is 2.00 bits per heavy atom. The molecule has 0 bridgehead atoms. The van der Waals surface area contributed by atoms with E-state index in [0.717, 1.165) is 4.47 Å². The number of benzene rings is 1. The summed E-state index contributed by atoms with van der Waals surface area (Å²) in [6.45, 7) is 6.11. The minimum atomic E-state index is -0.194. The van der Waals surface area contributed by atoms with Crippen molar-refractivity contribution in [3.05, 3.63) is 34.3 Å². The molecule has 80 valence electrons. The predicted molar refractivity (Wildman–Crippen MR) is 64.8 cm³/mol. The van der Waals surface area contributed by atoms with E-state index in [1.165, 1.54) is 5.56 Å². The molecule has 0 aromatic heterocycles. The van der Waals surface area contributed by atoms with Crippen molar-refractivity contribution in [1.29, 1.82) is 0 Å². The Morgan fingerprint density at radius 3 is 2.53 bits per heavy atom. The largest absolute Gasteiger partial charge is 0.299 e. The maximum atomic E-state index is 11.7. The summed E-state index contributed by atoms with van der Waals surface area (Å²) >= 11 is 3.47. The molecule has 2 unspecified atom stereocenters. The van der Waals surface area contributed by atoms with Crippen LogP contribution in [0.3, 0.4) is 0 Å². The lowest BCUT2D eigenvalue weighted by Crippen LogP contribution is -2.51. The van der Waals surface area contributed by atoms with Gasteiger partial charge < -0.3 is 0 Å². The van der Waals surface area contributed by atoms with Gasteiger partial charge in [-0.3, -0.25) is 4.79 Å². The van der Waals surface area contributed by atoms with E-state index in [9.17, 15) is 4.79 Å². The highest BCUT2D eigenvalue weighted by atomic mass is 79.9. The summed E-state index contributed by atoms with van der Waals surface area (Å²) in [4.78, 5) is 11.7. The Morgan fingerprint density at radius 1 is 1.33 bits per heavy atom. The van der Waals surface area contributed by atoms with Crippen molar-refractivity contribution in [2.24, 2.45) is 11.3 Å². The van der Waals surface area contributed by atoms with Gasteiger partial charge in [-0.25, -0.2) is 0 Å². The van der Waals surface area contributed by atoms with E-state index in [1.807, 2.05) is 32.9 Å². The molecule has 1 aromatic carbocycles. The Balaban J connectivity index is 2.37. The Kier molecular flexibility index (Phi) is 2.50. The van der Waals surface area contributed by atoms with Crippen LogP contribution in [0.5, 0.6) is 0 Å². The molecule has 1 fully saturated rings. The van der Waals surface area contributed by atoms with Gasteiger partial charge in [0.05, 0.1) is 0 Å². The molecular weight excluding hydrogens is 252 g/mol. The van der Waals surface area contributed by atoms with Crippen molar-refractivity contribution >= 4 is 21.7 Å². The fourth-order valence-electron chi connectivity index (χ4n) is 2.83. The Labute approximate surface area is 99.0 Å². The highest BCUT2D eigenvalue weighted by Gasteiger charge is 2.53. The lowest BCUT2D eigenvalue weighted by Gasteiger charge is -2.48. The fraction of sp³-hybridized carbons (Fsp3) is 0.462. The summed E-state index contributed by atoms with van der Waals surface area (Å²) < 4.78 is 1.09. The number of ketones is 1. The van der Waals surface area contributed by atoms with Crippen LogP contribution < -0.4 is 0 Å². The number of carbonyl (C=O) groups excluding carboxylic acids is 1. The molecule has 2 rings (SSSR count). The molecule has 0 spiro atoms. The molecule has 15 heavy (non-hydrogen) atoms. The maximum absolute atomic E-state index is 11.7. The monoisotopic (exact) mass is 266 g/mol. The Bertz CT molecular complexity index is 409. The van der Waals surface area contributed by atoms with E-state index < -0.39 is 0 Å². The minimum absolute atomic E-state index is 0.161. The van der Waals surface area contributed by atoms with Crippen molar-refractivity contribution in [1.82, 2.24) is 0 Å². The van der Waals surface area contributed by atoms with E-state index in [2.05, 4.69) is 28.1 Å². The van der Waals surface area contributed by atoms with Gasteiger partial charge in [-0.15, -0.1) is 0 Å². The maximum Gasteiger partial charge on any atom is 0.142 e. The summed E-state index contributed by atoms with van der Waals surface area (Å²) in [5.74, 6) is 0.907. The van der Waals surface area contributed by atoms with E-state index >= 15 is 0 Å². The third-order valence-electron chi connectivity index (χ3n) is 3.53. The van der Waals surface area contributed by atoms with Crippen molar-refractivity contribution in [2.75, 3.05) is 0 Å². The number of halogens is 1. The normalized spacial score (nSPS) is 28.7. The summed E-state index contributed by atoms with van der Waals surface area (Å²) in [5, 5.41) is 0. The zero-order valence-electron chi connectivity index (χ0n) is 9.25. The van der Waals surface area contributed by atoms with Crippen molar-refractivity contribution < 1.29 is 4.79 Å². The van der Waals surface area contributed by atoms with Gasteiger partial charge in [-0.1, -0.05) is 48.8 Å². The highest BCUT2D eigenvalue weighted by Crippen LogP contribution is 2.53. The minimum Gasteiger partial charge on any atom is -0.299 e. The lowest BCUT2D eigenvalue weighted by molar-refractivity contribution is -0.145. The van der Waals surface area contributed by atoms with Crippen molar-refractivity contribution in [3.8, 4) is 0 Å². The molecule has 0 heterocycles. The summed E-state index contributed by atoms with van der Waals surface area (Å²) in [6.07, 6.45) is 0. The zero-order valence-corrected chi connectivity index (χ0v) is 10.8. The van der Waals surface area contributed by atoms with Crippen LogP contribution in [-0.4, -0.2) is 5.78 Å². The molecule has 1 nitrogen and oxygen atoms in total. The zero-order chi connectivity index (χ0) is 11.2. The summed E-state index contributed by atoms with van der Waals surface area (Å²) in [6, 6.07) is 8.28. The first kappa shape index (κ1) is 10.9. The van der Waals surface area contributed by atoms with Gasteiger partial charge in [0.2, 0.25) is 0 Å². The quantitative estimate of drug-likeness (QED) is 0.756. The number of carbonyl (C=O) groups is 1. The second-order valence-electron chi connectivity index (χ2n) is 4.91. The molecule has 1 aromatic rings. The van der Waals surface area contributed by atoms with Crippen LogP contribution in [0.15, 0.2) is 28.7 Å². The van der Waals surface area contributed by atoms with E-state index in [4.69, 9.17) is 0 Å². The second kappa shape index (κ2) is 3.44. The molecule has 0 radical (unpaired) electrons. The average Bonchev–Trinajstić information content (AvgIpc) is 2.17. The molecule has 1 aliphatic carbocycles. The molecular formula is C13H15BrO. The van der Waals surface area contributed by atoms with Crippen LogP contribution in [0.25, 0.3) is 0 Å². The molecule has 1 saturated carbocycles. The van der Waals surface area contributed by atoms with Gasteiger partial charge in [0.1, 0.15) is 5.78 Å². The van der Waals surface area contributed by atoms with Crippen LogP contribution in [-0.2, 0) is 4.79 Å². The van der Waals surface area contributed by atoms with Crippen LogP contribution in [0.1, 0.15) is 32.3 Å². The standard InChI is InChI=1S/C13H15BrO/c1-8-11(13(2,3)12(8)15)9-5-4-6-10(14)7-9/h4-8,11H,1-3H3. The average molecular weight is 267 g/mol.